The van der Waals surface area contributed by atoms with Gasteiger partial charge in [-0.05, 0) is 38.6 Å². The van der Waals surface area contributed by atoms with Gasteiger partial charge in [0.1, 0.15) is 5.82 Å². The van der Waals surface area contributed by atoms with Crippen LogP contribution < -0.4 is 10.2 Å². The average molecular weight is 311 g/mol. The Labute approximate surface area is 133 Å². The van der Waals surface area contributed by atoms with E-state index in [1.165, 1.54) is 6.42 Å². The summed E-state index contributed by atoms with van der Waals surface area (Å²) in [7, 11) is 2.21. The van der Waals surface area contributed by atoms with Gasteiger partial charge in [0.2, 0.25) is 0 Å². The molecule has 0 saturated carbocycles. The van der Waals surface area contributed by atoms with Gasteiger partial charge in [-0.1, -0.05) is 25.4 Å². The Morgan fingerprint density at radius 1 is 1.33 bits per heavy atom. The van der Waals surface area contributed by atoms with E-state index < -0.39 is 0 Å². The summed E-state index contributed by atoms with van der Waals surface area (Å²) in [6.45, 7) is 9.31. The summed E-state index contributed by atoms with van der Waals surface area (Å²) in [5.41, 5.74) is 0.953. The minimum Gasteiger partial charge on any atom is -0.354 e. The lowest BCUT2D eigenvalue weighted by Crippen LogP contribution is -2.51. The highest BCUT2D eigenvalue weighted by molar-refractivity contribution is 6.31. The Bertz CT molecular complexity index is 452. The number of halogens is 1. The molecule has 1 atom stereocenters. The van der Waals surface area contributed by atoms with Crippen molar-refractivity contribution in [3.8, 4) is 0 Å². The minimum atomic E-state index is 0.609. The molecule has 2 rings (SSSR count). The van der Waals surface area contributed by atoms with Crippen molar-refractivity contribution in [3.63, 3.8) is 0 Å². The zero-order valence-electron chi connectivity index (χ0n) is 13.4. The second kappa shape index (κ2) is 7.97. The molecule has 4 nitrogen and oxygen atoms in total. The molecule has 1 saturated heterocycles. The Balaban J connectivity index is 2.07. The number of pyridine rings is 1. The van der Waals surface area contributed by atoms with Crippen LogP contribution in [0.4, 0.5) is 5.82 Å². The quantitative estimate of drug-likeness (QED) is 0.819. The van der Waals surface area contributed by atoms with E-state index in [4.69, 9.17) is 16.6 Å². The molecule has 1 unspecified atom stereocenters. The van der Waals surface area contributed by atoms with Crippen molar-refractivity contribution in [1.82, 2.24) is 15.2 Å². The number of piperazine rings is 1. The van der Waals surface area contributed by atoms with Crippen molar-refractivity contribution in [2.75, 3.05) is 38.1 Å². The number of anilines is 1. The summed E-state index contributed by atoms with van der Waals surface area (Å²) in [6.07, 6.45) is 2.29. The standard InChI is InChI=1S/C16H27ClN4/c1-4-8-18-11-15-14(17)6-7-16(19-15)21-10-9-20(3)13(5-2)12-21/h6-7,13,18H,4-5,8-12H2,1-3H3. The zero-order valence-corrected chi connectivity index (χ0v) is 14.2. The first-order valence-electron chi connectivity index (χ1n) is 7.97. The lowest BCUT2D eigenvalue weighted by atomic mass is 10.1. The highest BCUT2D eigenvalue weighted by Crippen LogP contribution is 2.22. The summed E-state index contributed by atoms with van der Waals surface area (Å²) in [6, 6.07) is 4.63. The van der Waals surface area contributed by atoms with Gasteiger partial charge >= 0.3 is 0 Å². The predicted octanol–water partition coefficient (Wildman–Crippen LogP) is 2.77. The number of hydrogen-bond acceptors (Lipinski definition) is 4. The maximum Gasteiger partial charge on any atom is 0.129 e. The van der Waals surface area contributed by atoms with E-state index in [-0.39, 0.29) is 0 Å². The SMILES string of the molecule is CCCNCc1nc(N2CCN(C)C(CC)C2)ccc1Cl. The summed E-state index contributed by atoms with van der Waals surface area (Å²) >= 11 is 6.26. The molecule has 0 bridgehead atoms. The number of rotatable bonds is 6. The first-order valence-corrected chi connectivity index (χ1v) is 8.34. The third kappa shape index (κ3) is 4.31. The summed E-state index contributed by atoms with van der Waals surface area (Å²) < 4.78 is 0. The van der Waals surface area contributed by atoms with E-state index in [1.807, 2.05) is 12.1 Å². The fourth-order valence-electron chi connectivity index (χ4n) is 2.75. The van der Waals surface area contributed by atoms with E-state index in [2.05, 4.69) is 36.0 Å². The van der Waals surface area contributed by atoms with Crippen LogP contribution in [0, 0.1) is 0 Å². The van der Waals surface area contributed by atoms with Crippen LogP contribution >= 0.6 is 11.6 Å². The maximum atomic E-state index is 6.26. The molecule has 1 aromatic rings. The smallest absolute Gasteiger partial charge is 0.129 e. The second-order valence-electron chi connectivity index (χ2n) is 5.76. The van der Waals surface area contributed by atoms with Crippen LogP contribution in [0.1, 0.15) is 32.4 Å². The van der Waals surface area contributed by atoms with E-state index >= 15 is 0 Å². The van der Waals surface area contributed by atoms with E-state index in [0.29, 0.717) is 6.04 Å². The molecule has 21 heavy (non-hydrogen) atoms. The molecular weight excluding hydrogens is 284 g/mol. The molecule has 1 fully saturated rings. The molecule has 2 heterocycles. The van der Waals surface area contributed by atoms with Gasteiger partial charge in [-0.25, -0.2) is 4.98 Å². The summed E-state index contributed by atoms with van der Waals surface area (Å²) in [5.74, 6) is 1.05. The zero-order chi connectivity index (χ0) is 15.2. The normalized spacial score (nSPS) is 20.0. The van der Waals surface area contributed by atoms with E-state index in [9.17, 15) is 0 Å². The Morgan fingerprint density at radius 2 is 2.14 bits per heavy atom. The molecule has 0 radical (unpaired) electrons. The lowest BCUT2D eigenvalue weighted by molar-refractivity contribution is 0.213. The molecule has 1 aromatic heterocycles. The second-order valence-corrected chi connectivity index (χ2v) is 6.17. The number of hydrogen-bond donors (Lipinski definition) is 1. The van der Waals surface area contributed by atoms with Gasteiger partial charge in [-0.3, -0.25) is 4.90 Å². The van der Waals surface area contributed by atoms with Crippen molar-refractivity contribution >= 4 is 17.4 Å². The largest absolute Gasteiger partial charge is 0.354 e. The van der Waals surface area contributed by atoms with Crippen LogP contribution in [0.2, 0.25) is 5.02 Å². The highest BCUT2D eigenvalue weighted by Gasteiger charge is 2.23. The van der Waals surface area contributed by atoms with Crippen molar-refractivity contribution in [1.29, 1.82) is 0 Å². The summed E-state index contributed by atoms with van der Waals surface area (Å²) in [4.78, 5) is 9.60. The third-order valence-corrected chi connectivity index (χ3v) is 4.54. The van der Waals surface area contributed by atoms with Gasteiger partial charge < -0.3 is 10.2 Å². The monoisotopic (exact) mass is 310 g/mol. The molecule has 118 valence electrons. The van der Waals surface area contributed by atoms with Gasteiger partial charge in [0.05, 0.1) is 10.7 Å². The van der Waals surface area contributed by atoms with Crippen molar-refractivity contribution in [2.45, 2.75) is 39.3 Å². The van der Waals surface area contributed by atoms with Crippen LogP contribution in [0.3, 0.4) is 0 Å². The highest BCUT2D eigenvalue weighted by atomic mass is 35.5. The Morgan fingerprint density at radius 3 is 2.86 bits per heavy atom. The van der Waals surface area contributed by atoms with E-state index in [0.717, 1.165) is 55.7 Å². The first-order chi connectivity index (χ1) is 10.2. The molecule has 1 aliphatic rings. The number of aromatic nitrogens is 1. The molecule has 0 spiro atoms. The summed E-state index contributed by atoms with van der Waals surface area (Å²) in [5, 5.41) is 4.13. The van der Waals surface area contributed by atoms with Crippen LogP contribution in [0.15, 0.2) is 12.1 Å². The van der Waals surface area contributed by atoms with Crippen LogP contribution in [0.25, 0.3) is 0 Å². The molecule has 0 aromatic carbocycles. The van der Waals surface area contributed by atoms with Crippen molar-refractivity contribution < 1.29 is 0 Å². The molecule has 5 heteroatoms. The number of likely N-dealkylation sites (N-methyl/N-ethyl adjacent to an activating group) is 1. The van der Waals surface area contributed by atoms with Crippen molar-refractivity contribution in [3.05, 3.63) is 22.8 Å². The molecule has 1 aliphatic heterocycles. The fraction of sp³-hybridized carbons (Fsp3) is 0.688. The topological polar surface area (TPSA) is 31.4 Å². The first kappa shape index (κ1) is 16.5. The van der Waals surface area contributed by atoms with Gasteiger partial charge in [-0.2, -0.15) is 0 Å². The molecule has 0 amide bonds. The average Bonchev–Trinajstić information content (AvgIpc) is 2.50. The van der Waals surface area contributed by atoms with Gasteiger partial charge in [0.25, 0.3) is 0 Å². The third-order valence-electron chi connectivity index (χ3n) is 4.20. The maximum absolute atomic E-state index is 6.26. The molecule has 0 aliphatic carbocycles. The van der Waals surface area contributed by atoms with Gasteiger partial charge in [0, 0.05) is 32.2 Å². The Kier molecular flexibility index (Phi) is 6.27. The number of nitrogens with zero attached hydrogens (tertiary/aromatic N) is 3. The van der Waals surface area contributed by atoms with E-state index in [1.54, 1.807) is 0 Å². The predicted molar refractivity (Wildman–Crippen MR) is 90.2 cm³/mol. The lowest BCUT2D eigenvalue weighted by Gasteiger charge is -2.39. The van der Waals surface area contributed by atoms with Crippen molar-refractivity contribution in [2.24, 2.45) is 0 Å². The molecular formula is C16H27ClN4. The molecule has 1 N–H and O–H groups in total. The van der Waals surface area contributed by atoms with Crippen LogP contribution in [-0.4, -0.2) is 49.2 Å². The van der Waals surface area contributed by atoms with Crippen LogP contribution in [0.5, 0.6) is 0 Å². The Hall–Kier alpha value is -0.840. The van der Waals surface area contributed by atoms with Gasteiger partial charge in [-0.15, -0.1) is 0 Å². The fourth-order valence-corrected chi connectivity index (χ4v) is 2.92. The minimum absolute atomic E-state index is 0.609. The number of nitrogens with one attached hydrogen (secondary N) is 1. The van der Waals surface area contributed by atoms with Crippen LogP contribution in [-0.2, 0) is 6.54 Å². The van der Waals surface area contributed by atoms with Gasteiger partial charge in [0.15, 0.2) is 0 Å².